The van der Waals surface area contributed by atoms with Crippen LogP contribution >= 0.6 is 0 Å². The Morgan fingerprint density at radius 1 is 1.00 bits per heavy atom. The molecular formula is C14H11N5O3S. The minimum Gasteiger partial charge on any atom is -0.505 e. The molecule has 0 aliphatic rings. The number of hydrogen-bond acceptors (Lipinski definition) is 7. The summed E-state index contributed by atoms with van der Waals surface area (Å²) in [7, 11) is -4.00. The Bertz CT molecular complexity index is 1000. The molecule has 3 N–H and O–H groups in total. The van der Waals surface area contributed by atoms with Crippen LogP contribution in [0.25, 0.3) is 10.8 Å². The molecule has 0 bridgehead atoms. The Morgan fingerprint density at radius 3 is 2.30 bits per heavy atom. The van der Waals surface area contributed by atoms with Crippen molar-refractivity contribution in [2.75, 3.05) is 0 Å². The van der Waals surface area contributed by atoms with Crippen LogP contribution in [-0.4, -0.2) is 23.5 Å². The van der Waals surface area contributed by atoms with Crippen LogP contribution in [0.2, 0.25) is 0 Å². The van der Waals surface area contributed by atoms with Gasteiger partial charge >= 0.3 is 0 Å². The lowest BCUT2D eigenvalue weighted by atomic mass is 10.1. The normalized spacial score (nSPS) is 12.0. The van der Waals surface area contributed by atoms with Gasteiger partial charge in [0.15, 0.2) is 5.75 Å². The molecule has 8 nitrogen and oxygen atoms in total. The van der Waals surface area contributed by atoms with Gasteiger partial charge in [0.2, 0.25) is 10.0 Å². The van der Waals surface area contributed by atoms with Gasteiger partial charge in [-0.2, -0.15) is 0 Å². The highest BCUT2D eigenvalue weighted by Gasteiger charge is 2.18. The first-order chi connectivity index (χ1) is 11.0. The molecule has 2 aromatic carbocycles. The standard InChI is InChI=1S/C14H11N5O3S/c15-23(21,22)12-8-11(18-19-14-16-6-3-7-17-14)13(20)10-5-2-1-4-9(10)12/h1-8,20H,(H2,15,21,22). The van der Waals surface area contributed by atoms with Gasteiger partial charge in [0.25, 0.3) is 5.95 Å². The smallest absolute Gasteiger partial charge is 0.268 e. The van der Waals surface area contributed by atoms with E-state index in [1.165, 1.54) is 18.5 Å². The quantitative estimate of drug-likeness (QED) is 0.712. The fraction of sp³-hybridized carbons (Fsp3) is 0. The maximum atomic E-state index is 11.8. The van der Waals surface area contributed by atoms with Crippen LogP contribution in [0.1, 0.15) is 0 Å². The lowest BCUT2D eigenvalue weighted by molar-refractivity contribution is 0.482. The number of nitrogens with zero attached hydrogens (tertiary/aromatic N) is 4. The summed E-state index contributed by atoms with van der Waals surface area (Å²) in [6.45, 7) is 0. The van der Waals surface area contributed by atoms with E-state index in [1.54, 1.807) is 30.3 Å². The minimum atomic E-state index is -4.00. The molecule has 1 heterocycles. The number of aromatic nitrogens is 2. The van der Waals surface area contributed by atoms with E-state index in [0.717, 1.165) is 0 Å². The number of azo groups is 1. The molecule has 0 saturated heterocycles. The van der Waals surface area contributed by atoms with Crippen molar-refractivity contribution in [2.45, 2.75) is 4.90 Å². The first kappa shape index (κ1) is 15.0. The van der Waals surface area contributed by atoms with Crippen molar-refractivity contribution in [3.8, 4) is 5.75 Å². The van der Waals surface area contributed by atoms with E-state index >= 15 is 0 Å². The number of nitrogens with two attached hydrogens (primary N) is 1. The van der Waals surface area contributed by atoms with Crippen LogP contribution in [0.3, 0.4) is 0 Å². The summed E-state index contributed by atoms with van der Waals surface area (Å²) in [6, 6.07) is 9.21. The van der Waals surface area contributed by atoms with E-state index in [0.29, 0.717) is 10.8 Å². The van der Waals surface area contributed by atoms with Crippen molar-refractivity contribution < 1.29 is 13.5 Å². The summed E-state index contributed by atoms with van der Waals surface area (Å²) >= 11 is 0. The molecule has 3 rings (SSSR count). The number of fused-ring (bicyclic) bond motifs is 1. The molecule has 0 fully saturated rings. The van der Waals surface area contributed by atoms with Crippen molar-refractivity contribution in [1.29, 1.82) is 0 Å². The Morgan fingerprint density at radius 2 is 1.65 bits per heavy atom. The summed E-state index contributed by atoms with van der Waals surface area (Å²) in [5.41, 5.74) is -0.0415. The molecule has 0 atom stereocenters. The van der Waals surface area contributed by atoms with E-state index in [9.17, 15) is 13.5 Å². The molecule has 0 amide bonds. The number of phenols is 1. The Labute approximate surface area is 131 Å². The molecular weight excluding hydrogens is 318 g/mol. The highest BCUT2D eigenvalue weighted by molar-refractivity contribution is 7.89. The fourth-order valence-electron chi connectivity index (χ4n) is 2.07. The van der Waals surface area contributed by atoms with Gasteiger partial charge in [-0.3, -0.25) is 0 Å². The molecule has 1 aromatic heterocycles. The summed E-state index contributed by atoms with van der Waals surface area (Å²) in [5, 5.41) is 23.8. The lowest BCUT2D eigenvalue weighted by Crippen LogP contribution is -2.12. The zero-order valence-electron chi connectivity index (χ0n) is 11.7. The van der Waals surface area contributed by atoms with E-state index in [1.807, 2.05) is 0 Å². The molecule has 0 unspecified atom stereocenters. The molecule has 116 valence electrons. The van der Waals surface area contributed by atoms with Crippen LogP contribution in [0, 0.1) is 0 Å². The summed E-state index contributed by atoms with van der Waals surface area (Å²) in [4.78, 5) is 7.58. The predicted molar refractivity (Wildman–Crippen MR) is 83.2 cm³/mol. The number of primary sulfonamides is 1. The van der Waals surface area contributed by atoms with Gasteiger partial charge in [0.05, 0.1) is 4.90 Å². The first-order valence-corrected chi connectivity index (χ1v) is 7.98. The number of sulfonamides is 1. The molecule has 0 saturated carbocycles. The van der Waals surface area contributed by atoms with Gasteiger partial charge in [0, 0.05) is 23.2 Å². The average molecular weight is 329 g/mol. The van der Waals surface area contributed by atoms with Gasteiger partial charge in [-0.1, -0.05) is 24.3 Å². The highest BCUT2D eigenvalue weighted by atomic mass is 32.2. The van der Waals surface area contributed by atoms with Crippen molar-refractivity contribution in [3.63, 3.8) is 0 Å². The van der Waals surface area contributed by atoms with Crippen molar-refractivity contribution in [1.82, 2.24) is 9.97 Å². The first-order valence-electron chi connectivity index (χ1n) is 6.43. The van der Waals surface area contributed by atoms with Gasteiger partial charge in [-0.25, -0.2) is 23.5 Å². The zero-order valence-corrected chi connectivity index (χ0v) is 12.5. The second kappa shape index (κ2) is 5.71. The predicted octanol–water partition coefficient (Wildman–Crippen LogP) is 2.40. The van der Waals surface area contributed by atoms with Crippen LogP contribution in [0.15, 0.2) is 63.9 Å². The number of phenolic OH excluding ortho intramolecular Hbond substituents is 1. The van der Waals surface area contributed by atoms with Crippen LogP contribution in [-0.2, 0) is 10.0 Å². The maximum Gasteiger partial charge on any atom is 0.268 e. The Hall–Kier alpha value is -2.91. The van der Waals surface area contributed by atoms with E-state index < -0.39 is 10.0 Å². The summed E-state index contributed by atoms with van der Waals surface area (Å²) in [6.07, 6.45) is 2.97. The fourth-order valence-corrected chi connectivity index (χ4v) is 2.83. The zero-order chi connectivity index (χ0) is 16.4. The highest BCUT2D eigenvalue weighted by Crippen LogP contribution is 2.38. The van der Waals surface area contributed by atoms with E-state index in [-0.39, 0.29) is 22.3 Å². The van der Waals surface area contributed by atoms with Crippen molar-refractivity contribution in [3.05, 3.63) is 48.8 Å². The second-order valence-electron chi connectivity index (χ2n) is 4.58. The van der Waals surface area contributed by atoms with Gasteiger partial charge in [-0.05, 0) is 12.1 Å². The Kier molecular flexibility index (Phi) is 3.72. The lowest BCUT2D eigenvalue weighted by Gasteiger charge is -2.08. The SMILES string of the molecule is NS(=O)(=O)c1cc(N=Nc2ncccn2)c(O)c2ccccc12. The molecule has 0 radical (unpaired) electrons. The second-order valence-corrected chi connectivity index (χ2v) is 6.11. The topological polar surface area (TPSA) is 131 Å². The minimum absolute atomic E-state index is 0.0415. The van der Waals surface area contributed by atoms with Gasteiger partial charge in [-0.15, -0.1) is 10.2 Å². The molecule has 23 heavy (non-hydrogen) atoms. The Balaban J connectivity index is 2.22. The third kappa shape index (κ3) is 3.00. The maximum absolute atomic E-state index is 11.8. The third-order valence-corrected chi connectivity index (χ3v) is 4.01. The molecule has 0 aliphatic carbocycles. The molecule has 3 aromatic rings. The number of benzene rings is 2. The van der Waals surface area contributed by atoms with Crippen LogP contribution in [0.5, 0.6) is 5.75 Å². The third-order valence-electron chi connectivity index (χ3n) is 3.06. The van der Waals surface area contributed by atoms with Crippen LogP contribution in [0.4, 0.5) is 11.6 Å². The van der Waals surface area contributed by atoms with Crippen molar-refractivity contribution in [2.24, 2.45) is 15.4 Å². The van der Waals surface area contributed by atoms with Gasteiger partial charge < -0.3 is 5.11 Å². The van der Waals surface area contributed by atoms with E-state index in [2.05, 4.69) is 20.2 Å². The van der Waals surface area contributed by atoms with Gasteiger partial charge in [0.1, 0.15) is 5.69 Å². The summed E-state index contributed by atoms with van der Waals surface area (Å²) in [5.74, 6) is -0.120. The summed E-state index contributed by atoms with van der Waals surface area (Å²) < 4.78 is 23.6. The molecule has 0 spiro atoms. The number of hydrogen-bond donors (Lipinski definition) is 2. The average Bonchev–Trinajstić information content (AvgIpc) is 2.54. The molecule has 0 aliphatic heterocycles. The number of aromatic hydroxyl groups is 1. The largest absolute Gasteiger partial charge is 0.505 e. The van der Waals surface area contributed by atoms with Crippen LogP contribution < -0.4 is 5.14 Å². The molecule has 9 heteroatoms. The van der Waals surface area contributed by atoms with E-state index in [4.69, 9.17) is 5.14 Å². The number of rotatable bonds is 3. The van der Waals surface area contributed by atoms with Crippen molar-refractivity contribution >= 4 is 32.4 Å². The monoisotopic (exact) mass is 329 g/mol.